The number of aromatic nitrogens is 2. The molecule has 1 heterocycles. The Kier molecular flexibility index (Phi) is 5.59. The van der Waals surface area contributed by atoms with E-state index in [4.69, 9.17) is 16.3 Å². The van der Waals surface area contributed by atoms with E-state index in [9.17, 15) is 4.39 Å². The number of imidazole rings is 1. The first kappa shape index (κ1) is 15.8. The van der Waals surface area contributed by atoms with Gasteiger partial charge in [-0.25, -0.2) is 9.37 Å². The van der Waals surface area contributed by atoms with E-state index in [1.165, 1.54) is 6.07 Å². The second kappa shape index (κ2) is 7.43. The summed E-state index contributed by atoms with van der Waals surface area (Å²) in [5, 5.41) is 3.30. The average molecular weight is 312 g/mol. The predicted molar refractivity (Wildman–Crippen MR) is 82.9 cm³/mol. The third kappa shape index (κ3) is 3.95. The summed E-state index contributed by atoms with van der Waals surface area (Å²) in [5.74, 6) is 0.152. The monoisotopic (exact) mass is 311 g/mol. The van der Waals surface area contributed by atoms with Crippen LogP contribution in [0.1, 0.15) is 19.0 Å². The number of hydrogen-bond donors (Lipinski definition) is 1. The molecule has 0 bridgehead atoms. The molecule has 1 aromatic heterocycles. The number of nitrogens with zero attached hydrogens (tertiary/aromatic N) is 2. The number of hydrogen-bond acceptors (Lipinski definition) is 3. The summed E-state index contributed by atoms with van der Waals surface area (Å²) in [6, 6.07) is 4.92. The Hall–Kier alpha value is -1.59. The van der Waals surface area contributed by atoms with Gasteiger partial charge in [0.15, 0.2) is 5.82 Å². The van der Waals surface area contributed by atoms with Crippen LogP contribution >= 0.6 is 11.6 Å². The van der Waals surface area contributed by atoms with E-state index in [0.717, 1.165) is 12.1 Å². The maximum Gasteiger partial charge on any atom is 0.207 e. The van der Waals surface area contributed by atoms with Crippen LogP contribution in [0, 0.1) is 12.7 Å². The van der Waals surface area contributed by atoms with Gasteiger partial charge in [-0.15, -0.1) is 0 Å². The van der Waals surface area contributed by atoms with Crippen molar-refractivity contribution in [3.8, 4) is 5.69 Å². The Balaban J connectivity index is 2.15. The normalized spacial score (nSPS) is 10.9. The molecule has 0 atom stereocenters. The molecular weight excluding hydrogens is 293 g/mol. The van der Waals surface area contributed by atoms with Crippen molar-refractivity contribution in [3.05, 3.63) is 40.9 Å². The molecule has 2 rings (SSSR count). The molecule has 0 aliphatic carbocycles. The zero-order valence-electron chi connectivity index (χ0n) is 12.2. The van der Waals surface area contributed by atoms with E-state index in [0.29, 0.717) is 31.4 Å². The van der Waals surface area contributed by atoms with Gasteiger partial charge in [0.1, 0.15) is 0 Å². The van der Waals surface area contributed by atoms with Crippen LogP contribution in [-0.4, -0.2) is 29.3 Å². The smallest absolute Gasteiger partial charge is 0.207 e. The van der Waals surface area contributed by atoms with Crippen molar-refractivity contribution >= 4 is 17.5 Å². The Labute approximate surface area is 128 Å². The number of ether oxygens (including phenoxy) is 1. The lowest BCUT2D eigenvalue weighted by Crippen LogP contribution is -2.10. The molecule has 1 N–H and O–H groups in total. The molecule has 1 aromatic carbocycles. The van der Waals surface area contributed by atoms with Gasteiger partial charge in [0.05, 0.1) is 16.4 Å². The largest absolute Gasteiger partial charge is 0.382 e. The number of halogens is 2. The molecule has 0 spiro atoms. The maximum absolute atomic E-state index is 14.1. The molecule has 21 heavy (non-hydrogen) atoms. The van der Waals surface area contributed by atoms with Gasteiger partial charge in [-0.3, -0.25) is 4.57 Å². The van der Waals surface area contributed by atoms with Crippen LogP contribution in [0.25, 0.3) is 5.69 Å². The Morgan fingerprint density at radius 3 is 3.00 bits per heavy atom. The molecule has 114 valence electrons. The minimum Gasteiger partial charge on any atom is -0.382 e. The van der Waals surface area contributed by atoms with Crippen molar-refractivity contribution in [1.29, 1.82) is 0 Å². The molecule has 4 nitrogen and oxygen atoms in total. The zero-order chi connectivity index (χ0) is 15.2. The van der Waals surface area contributed by atoms with Gasteiger partial charge in [-0.1, -0.05) is 17.7 Å². The van der Waals surface area contributed by atoms with E-state index in [-0.39, 0.29) is 5.02 Å². The van der Waals surface area contributed by atoms with Crippen LogP contribution in [0.5, 0.6) is 0 Å². The number of nitrogens with one attached hydrogen (secondary N) is 1. The highest BCUT2D eigenvalue weighted by Crippen LogP contribution is 2.24. The average Bonchev–Trinajstić information content (AvgIpc) is 2.82. The van der Waals surface area contributed by atoms with Crippen molar-refractivity contribution in [2.45, 2.75) is 20.3 Å². The van der Waals surface area contributed by atoms with Crippen molar-refractivity contribution in [2.24, 2.45) is 0 Å². The molecule has 0 aliphatic rings. The molecular formula is C15H19ClFN3O. The van der Waals surface area contributed by atoms with Gasteiger partial charge >= 0.3 is 0 Å². The van der Waals surface area contributed by atoms with Gasteiger partial charge in [-0.2, -0.15) is 0 Å². The van der Waals surface area contributed by atoms with Crippen molar-refractivity contribution in [3.63, 3.8) is 0 Å². The predicted octanol–water partition coefficient (Wildman–Crippen LogP) is 3.81. The van der Waals surface area contributed by atoms with Crippen LogP contribution in [0.15, 0.2) is 24.4 Å². The van der Waals surface area contributed by atoms with Crippen LogP contribution in [0.4, 0.5) is 10.3 Å². The van der Waals surface area contributed by atoms with Gasteiger partial charge in [-0.05, 0) is 32.4 Å². The van der Waals surface area contributed by atoms with Gasteiger partial charge in [0.2, 0.25) is 5.95 Å². The maximum atomic E-state index is 14.1. The first-order chi connectivity index (χ1) is 10.1. The van der Waals surface area contributed by atoms with Crippen LogP contribution in [-0.2, 0) is 4.74 Å². The van der Waals surface area contributed by atoms with Crippen LogP contribution in [0.3, 0.4) is 0 Å². The zero-order valence-corrected chi connectivity index (χ0v) is 13.0. The SMILES string of the molecule is CCOCCCNc1nc(C)cn1-c1cccc(Cl)c1F. The highest BCUT2D eigenvalue weighted by molar-refractivity contribution is 6.30. The minimum atomic E-state index is -0.450. The summed E-state index contributed by atoms with van der Waals surface area (Å²) in [6.07, 6.45) is 2.64. The molecule has 0 fully saturated rings. The summed E-state index contributed by atoms with van der Waals surface area (Å²) in [4.78, 5) is 4.38. The molecule has 0 radical (unpaired) electrons. The van der Waals surface area contributed by atoms with Crippen LogP contribution < -0.4 is 5.32 Å². The summed E-state index contributed by atoms with van der Waals surface area (Å²) >= 11 is 5.84. The Morgan fingerprint density at radius 2 is 2.24 bits per heavy atom. The second-order valence-corrected chi connectivity index (χ2v) is 5.03. The number of aryl methyl sites for hydroxylation is 1. The third-order valence-electron chi connectivity index (χ3n) is 2.97. The number of rotatable bonds is 7. The fourth-order valence-corrected chi connectivity index (χ4v) is 2.17. The third-order valence-corrected chi connectivity index (χ3v) is 3.26. The summed E-state index contributed by atoms with van der Waals surface area (Å²) < 4.78 is 21.1. The van der Waals surface area contributed by atoms with Gasteiger partial charge < -0.3 is 10.1 Å². The Bertz CT molecular complexity index is 601. The summed E-state index contributed by atoms with van der Waals surface area (Å²) in [7, 11) is 0. The second-order valence-electron chi connectivity index (χ2n) is 4.63. The number of anilines is 1. The highest BCUT2D eigenvalue weighted by Gasteiger charge is 2.13. The number of benzene rings is 1. The van der Waals surface area contributed by atoms with E-state index in [1.807, 2.05) is 13.8 Å². The molecule has 0 aliphatic heterocycles. The lowest BCUT2D eigenvalue weighted by atomic mass is 10.3. The molecule has 2 aromatic rings. The summed E-state index contributed by atoms with van der Waals surface area (Å²) in [6.45, 7) is 5.94. The molecule has 0 saturated carbocycles. The van der Waals surface area contributed by atoms with E-state index in [2.05, 4.69) is 10.3 Å². The topological polar surface area (TPSA) is 39.1 Å². The standard InChI is InChI=1S/C15H19ClFN3O/c1-3-21-9-5-8-18-15-19-11(2)10-20(15)13-7-4-6-12(16)14(13)17/h4,6-7,10H,3,5,8-9H2,1-2H3,(H,18,19). The van der Waals surface area contributed by atoms with Gasteiger partial charge in [0, 0.05) is 26.0 Å². The van der Waals surface area contributed by atoms with Crippen molar-refractivity contribution in [2.75, 3.05) is 25.1 Å². The fourth-order valence-electron chi connectivity index (χ4n) is 2.00. The quantitative estimate of drug-likeness (QED) is 0.790. The molecule has 6 heteroatoms. The first-order valence-corrected chi connectivity index (χ1v) is 7.33. The van der Waals surface area contributed by atoms with E-state index >= 15 is 0 Å². The molecule has 0 amide bonds. The Morgan fingerprint density at radius 1 is 1.43 bits per heavy atom. The fraction of sp³-hybridized carbons (Fsp3) is 0.400. The van der Waals surface area contributed by atoms with E-state index in [1.54, 1.807) is 22.9 Å². The molecule has 0 unspecified atom stereocenters. The van der Waals surface area contributed by atoms with Crippen molar-refractivity contribution < 1.29 is 9.13 Å². The highest BCUT2D eigenvalue weighted by atomic mass is 35.5. The van der Waals surface area contributed by atoms with Gasteiger partial charge in [0.25, 0.3) is 0 Å². The lowest BCUT2D eigenvalue weighted by Gasteiger charge is -2.11. The lowest BCUT2D eigenvalue weighted by molar-refractivity contribution is 0.147. The van der Waals surface area contributed by atoms with Crippen LogP contribution in [0.2, 0.25) is 5.02 Å². The first-order valence-electron chi connectivity index (χ1n) is 6.95. The minimum absolute atomic E-state index is 0.0983. The van der Waals surface area contributed by atoms with Crippen molar-refractivity contribution in [1.82, 2.24) is 9.55 Å². The summed E-state index contributed by atoms with van der Waals surface area (Å²) in [5.41, 5.74) is 1.19. The molecule has 0 saturated heterocycles. The van der Waals surface area contributed by atoms with E-state index < -0.39 is 5.82 Å².